The van der Waals surface area contributed by atoms with E-state index in [4.69, 9.17) is 17.3 Å². The second kappa shape index (κ2) is 4.81. The molecule has 1 atom stereocenters. The molecule has 0 heterocycles. The van der Waals surface area contributed by atoms with Crippen LogP contribution in [0.4, 0.5) is 0 Å². The van der Waals surface area contributed by atoms with Gasteiger partial charge in [0.1, 0.15) is 0 Å². The van der Waals surface area contributed by atoms with Crippen molar-refractivity contribution in [3.8, 4) is 0 Å². The van der Waals surface area contributed by atoms with Crippen molar-refractivity contribution >= 4 is 21.6 Å². The maximum absolute atomic E-state index is 12.3. The molecule has 4 nitrogen and oxygen atoms in total. The quantitative estimate of drug-likeness (QED) is 0.867. The summed E-state index contributed by atoms with van der Waals surface area (Å²) in [4.78, 5) is 0.176. The van der Waals surface area contributed by atoms with Gasteiger partial charge in [0.2, 0.25) is 10.0 Å². The van der Waals surface area contributed by atoms with E-state index >= 15 is 0 Å². The Morgan fingerprint density at radius 1 is 1.50 bits per heavy atom. The van der Waals surface area contributed by atoms with Gasteiger partial charge in [0.05, 0.1) is 4.90 Å². The van der Waals surface area contributed by atoms with Crippen LogP contribution in [0, 0.1) is 5.92 Å². The molecule has 0 radical (unpaired) electrons. The van der Waals surface area contributed by atoms with Gasteiger partial charge in [-0.2, -0.15) is 0 Å². The summed E-state index contributed by atoms with van der Waals surface area (Å²) < 4.78 is 27.2. The van der Waals surface area contributed by atoms with Gasteiger partial charge in [0.15, 0.2) is 0 Å². The molecular formula is C12H17ClN2O2S. The van der Waals surface area contributed by atoms with E-state index < -0.39 is 15.6 Å². The first-order chi connectivity index (χ1) is 8.37. The van der Waals surface area contributed by atoms with Gasteiger partial charge >= 0.3 is 0 Å². The van der Waals surface area contributed by atoms with Crippen LogP contribution in [0.25, 0.3) is 0 Å². The molecule has 1 aliphatic rings. The molecule has 3 N–H and O–H groups in total. The Bertz CT molecular complexity index is 543. The lowest BCUT2D eigenvalue weighted by molar-refractivity contribution is 0.374. The zero-order valence-corrected chi connectivity index (χ0v) is 11.8. The van der Waals surface area contributed by atoms with Crippen molar-refractivity contribution in [2.45, 2.75) is 30.2 Å². The van der Waals surface area contributed by atoms with E-state index in [2.05, 4.69) is 4.72 Å². The highest BCUT2D eigenvalue weighted by molar-refractivity contribution is 7.89. The number of rotatable bonds is 5. The van der Waals surface area contributed by atoms with Crippen LogP contribution in [-0.2, 0) is 10.0 Å². The Labute approximate surface area is 113 Å². The van der Waals surface area contributed by atoms with E-state index in [0.717, 1.165) is 12.8 Å². The third-order valence-corrected chi connectivity index (χ3v) is 5.22. The lowest BCUT2D eigenvalue weighted by atomic mass is 9.98. The molecule has 1 saturated carbocycles. The molecular weight excluding hydrogens is 272 g/mol. The van der Waals surface area contributed by atoms with Crippen molar-refractivity contribution in [3.05, 3.63) is 29.3 Å². The maximum Gasteiger partial charge on any atom is 0.241 e. The predicted octanol–water partition coefficient (Wildman–Crippen LogP) is 1.75. The van der Waals surface area contributed by atoms with Crippen molar-refractivity contribution in [1.82, 2.24) is 4.72 Å². The van der Waals surface area contributed by atoms with Crippen LogP contribution < -0.4 is 10.5 Å². The van der Waals surface area contributed by atoms with Gasteiger partial charge in [0.25, 0.3) is 0 Å². The van der Waals surface area contributed by atoms with Gasteiger partial charge in [-0.1, -0.05) is 17.7 Å². The average molecular weight is 289 g/mol. The lowest BCUT2D eigenvalue weighted by Crippen LogP contribution is -2.52. The minimum absolute atomic E-state index is 0.176. The van der Waals surface area contributed by atoms with Crippen molar-refractivity contribution in [1.29, 1.82) is 0 Å². The highest BCUT2D eigenvalue weighted by atomic mass is 35.5. The summed E-state index contributed by atoms with van der Waals surface area (Å²) in [7, 11) is -3.57. The van der Waals surface area contributed by atoms with E-state index in [9.17, 15) is 8.42 Å². The molecule has 6 heteroatoms. The fourth-order valence-electron chi connectivity index (χ4n) is 2.01. The molecule has 0 spiro atoms. The Morgan fingerprint density at radius 2 is 2.17 bits per heavy atom. The summed E-state index contributed by atoms with van der Waals surface area (Å²) in [5.74, 6) is 0.330. The second-order valence-corrected chi connectivity index (χ2v) is 7.08. The summed E-state index contributed by atoms with van der Waals surface area (Å²) in [6.07, 6.45) is 2.04. The first kappa shape index (κ1) is 13.8. The smallest absolute Gasteiger partial charge is 0.241 e. The molecule has 0 aromatic heterocycles. The first-order valence-electron chi connectivity index (χ1n) is 5.87. The first-order valence-corrected chi connectivity index (χ1v) is 7.73. The number of sulfonamides is 1. The van der Waals surface area contributed by atoms with Gasteiger partial charge < -0.3 is 5.73 Å². The van der Waals surface area contributed by atoms with E-state index in [1.54, 1.807) is 12.1 Å². The number of nitrogens with two attached hydrogens (primary N) is 1. The highest BCUT2D eigenvalue weighted by Crippen LogP contribution is 2.39. The summed E-state index contributed by atoms with van der Waals surface area (Å²) in [5.41, 5.74) is 5.14. The van der Waals surface area contributed by atoms with Gasteiger partial charge in [0, 0.05) is 17.1 Å². The van der Waals surface area contributed by atoms with Crippen LogP contribution in [0.5, 0.6) is 0 Å². The fourth-order valence-corrected chi connectivity index (χ4v) is 3.79. The standard InChI is InChI=1S/C12H17ClN2O2S/c1-12(8-14,9-5-6-9)15-18(16,17)11-4-2-3-10(13)7-11/h2-4,7,9,15H,5-6,8,14H2,1H3. The van der Waals surface area contributed by atoms with Gasteiger partial charge in [-0.3, -0.25) is 0 Å². The highest BCUT2D eigenvalue weighted by Gasteiger charge is 2.43. The molecule has 100 valence electrons. The van der Waals surface area contributed by atoms with E-state index in [-0.39, 0.29) is 11.4 Å². The van der Waals surface area contributed by atoms with E-state index in [1.165, 1.54) is 12.1 Å². The molecule has 1 aromatic rings. The minimum Gasteiger partial charge on any atom is -0.329 e. The van der Waals surface area contributed by atoms with Crippen LogP contribution in [0.2, 0.25) is 5.02 Å². The summed E-state index contributed by atoms with van der Waals surface area (Å²) in [6.45, 7) is 2.14. The van der Waals surface area contributed by atoms with Gasteiger partial charge in [-0.15, -0.1) is 0 Å². The molecule has 1 fully saturated rings. The molecule has 1 unspecified atom stereocenters. The van der Waals surface area contributed by atoms with Crippen LogP contribution in [0.3, 0.4) is 0 Å². The monoisotopic (exact) mass is 288 g/mol. The Hall–Kier alpha value is -0.620. The summed E-state index contributed by atoms with van der Waals surface area (Å²) >= 11 is 5.81. The SMILES string of the molecule is CC(CN)(NS(=O)(=O)c1cccc(Cl)c1)C1CC1. The number of nitrogens with one attached hydrogen (secondary N) is 1. The van der Waals surface area contributed by atoms with Crippen LogP contribution >= 0.6 is 11.6 Å². The average Bonchev–Trinajstić information content (AvgIpc) is 3.12. The topological polar surface area (TPSA) is 72.2 Å². The third kappa shape index (κ3) is 2.85. The molecule has 0 bridgehead atoms. The van der Waals surface area contributed by atoms with E-state index in [0.29, 0.717) is 10.9 Å². The zero-order valence-electron chi connectivity index (χ0n) is 10.2. The molecule has 0 aliphatic heterocycles. The molecule has 1 aliphatic carbocycles. The van der Waals surface area contributed by atoms with Gasteiger partial charge in [-0.05, 0) is 43.9 Å². The minimum atomic E-state index is -3.57. The Morgan fingerprint density at radius 3 is 2.67 bits per heavy atom. The number of hydrogen-bond donors (Lipinski definition) is 2. The van der Waals surface area contributed by atoms with Crippen LogP contribution in [0.15, 0.2) is 29.2 Å². The predicted molar refractivity (Wildman–Crippen MR) is 72.0 cm³/mol. The van der Waals surface area contributed by atoms with Crippen molar-refractivity contribution in [3.63, 3.8) is 0 Å². The van der Waals surface area contributed by atoms with Crippen molar-refractivity contribution < 1.29 is 8.42 Å². The second-order valence-electron chi connectivity index (χ2n) is 4.96. The van der Waals surface area contributed by atoms with E-state index in [1.807, 2.05) is 6.92 Å². The number of benzene rings is 1. The molecule has 0 saturated heterocycles. The molecule has 18 heavy (non-hydrogen) atoms. The number of hydrogen-bond acceptors (Lipinski definition) is 3. The lowest BCUT2D eigenvalue weighted by Gasteiger charge is -2.29. The maximum atomic E-state index is 12.3. The zero-order chi connectivity index (χ0) is 13.4. The van der Waals surface area contributed by atoms with Crippen LogP contribution in [-0.4, -0.2) is 20.5 Å². The van der Waals surface area contributed by atoms with Crippen molar-refractivity contribution in [2.75, 3.05) is 6.54 Å². The molecule has 0 amide bonds. The fraction of sp³-hybridized carbons (Fsp3) is 0.500. The summed E-state index contributed by atoms with van der Waals surface area (Å²) in [5, 5.41) is 0.402. The third-order valence-electron chi connectivity index (χ3n) is 3.38. The Kier molecular flexibility index (Phi) is 3.69. The van der Waals surface area contributed by atoms with Crippen molar-refractivity contribution in [2.24, 2.45) is 11.7 Å². The normalized spacial score (nSPS) is 19.5. The van der Waals surface area contributed by atoms with Gasteiger partial charge in [-0.25, -0.2) is 13.1 Å². The molecule has 1 aromatic carbocycles. The largest absolute Gasteiger partial charge is 0.329 e. The summed E-state index contributed by atoms with van der Waals surface area (Å²) in [6, 6.07) is 6.23. The number of halogens is 1. The Balaban J connectivity index is 2.26. The van der Waals surface area contributed by atoms with Crippen LogP contribution in [0.1, 0.15) is 19.8 Å². The molecule has 2 rings (SSSR count).